The first-order chi connectivity index (χ1) is 11.4. The summed E-state index contributed by atoms with van der Waals surface area (Å²) in [5, 5.41) is 4.21. The van der Waals surface area contributed by atoms with Crippen LogP contribution in [0.5, 0.6) is 0 Å². The van der Waals surface area contributed by atoms with Crippen LogP contribution in [0.2, 0.25) is 0 Å². The van der Waals surface area contributed by atoms with Crippen molar-refractivity contribution in [2.75, 3.05) is 0 Å². The van der Waals surface area contributed by atoms with Gasteiger partial charge in [-0.1, -0.05) is 54.2 Å². The zero-order valence-electron chi connectivity index (χ0n) is 12.1. The van der Waals surface area contributed by atoms with Gasteiger partial charge in [-0.2, -0.15) is 0 Å². The van der Waals surface area contributed by atoms with Crippen LogP contribution in [0.3, 0.4) is 0 Å². The number of para-hydroxylation sites is 1. The number of hydrogen-bond donors (Lipinski definition) is 0. The van der Waals surface area contributed by atoms with Crippen molar-refractivity contribution in [1.29, 1.82) is 0 Å². The van der Waals surface area contributed by atoms with Crippen molar-refractivity contribution in [2.45, 2.75) is 6.04 Å². The molecule has 0 amide bonds. The van der Waals surface area contributed by atoms with Gasteiger partial charge < -0.3 is 4.90 Å². The van der Waals surface area contributed by atoms with Crippen molar-refractivity contribution >= 4 is 38.5 Å². The quantitative estimate of drug-likeness (QED) is 0.673. The Kier molecular flexibility index (Phi) is 3.02. The number of aliphatic imine (C=N–C) groups is 1. The Morgan fingerprint density at radius 2 is 1.78 bits per heavy atom. The third kappa shape index (κ3) is 2.11. The number of fused-ring (bicyclic) bond motifs is 2. The monoisotopic (exact) mass is 334 g/mol. The van der Waals surface area contributed by atoms with E-state index in [-0.39, 0.29) is 6.04 Å². The minimum absolute atomic E-state index is 0.0658. The Balaban J connectivity index is 1.64. The molecule has 3 aromatic rings. The number of nitrogens with zero attached hydrogens (tertiary/aromatic N) is 3. The van der Waals surface area contributed by atoms with Gasteiger partial charge in [0.25, 0.3) is 0 Å². The van der Waals surface area contributed by atoms with Crippen molar-refractivity contribution in [3.63, 3.8) is 0 Å². The Morgan fingerprint density at radius 3 is 2.65 bits per heavy atom. The Morgan fingerprint density at radius 1 is 0.957 bits per heavy atom. The third-order valence-electron chi connectivity index (χ3n) is 3.98. The van der Waals surface area contributed by atoms with Crippen molar-refractivity contribution in [1.82, 2.24) is 9.88 Å². The number of hydrogen-bond acceptors (Lipinski definition) is 5. The molecular weight excluding hydrogens is 322 g/mol. The molecule has 0 bridgehead atoms. The zero-order valence-corrected chi connectivity index (χ0v) is 13.7. The molecule has 1 radical (unpaired) electrons. The average Bonchev–Trinajstić information content (AvgIpc) is 3.28. The van der Waals surface area contributed by atoms with Crippen LogP contribution in [0.4, 0.5) is 0 Å². The molecule has 2 aromatic carbocycles. The molecule has 2 aliphatic rings. The molecule has 5 heteroatoms. The van der Waals surface area contributed by atoms with Crippen LogP contribution >= 0.6 is 23.1 Å². The summed E-state index contributed by atoms with van der Waals surface area (Å²) in [6, 6.07) is 19.8. The van der Waals surface area contributed by atoms with Gasteiger partial charge in [0.2, 0.25) is 0 Å². The van der Waals surface area contributed by atoms with E-state index >= 15 is 0 Å². The van der Waals surface area contributed by atoms with E-state index in [1.165, 1.54) is 4.70 Å². The van der Waals surface area contributed by atoms with E-state index in [0.717, 1.165) is 27.3 Å². The number of aromatic nitrogens is 1. The van der Waals surface area contributed by atoms with Gasteiger partial charge in [0.05, 0.1) is 10.2 Å². The lowest BCUT2D eigenvalue weighted by atomic mass is 10.0. The first-order valence-corrected chi connectivity index (χ1v) is 9.08. The lowest BCUT2D eigenvalue weighted by molar-refractivity contribution is 0.472. The van der Waals surface area contributed by atoms with E-state index in [2.05, 4.69) is 59.0 Å². The largest absolute Gasteiger partial charge is 0.314 e. The van der Waals surface area contributed by atoms with Gasteiger partial charge in [-0.05, 0) is 23.1 Å². The molecule has 1 unspecified atom stereocenters. The first kappa shape index (κ1) is 13.3. The van der Waals surface area contributed by atoms with Gasteiger partial charge in [-0.3, -0.25) is 0 Å². The summed E-state index contributed by atoms with van der Waals surface area (Å²) < 4.78 is 1.22. The van der Waals surface area contributed by atoms with Crippen LogP contribution in [0.1, 0.15) is 16.6 Å². The van der Waals surface area contributed by atoms with E-state index < -0.39 is 0 Å². The topological polar surface area (TPSA) is 28.5 Å². The fraction of sp³-hybridized carbons (Fsp3) is 0.0556. The molecule has 3 nitrogen and oxygen atoms in total. The lowest BCUT2D eigenvalue weighted by Gasteiger charge is -2.22. The van der Waals surface area contributed by atoms with E-state index in [4.69, 9.17) is 9.98 Å². The highest BCUT2D eigenvalue weighted by Crippen LogP contribution is 2.47. The SMILES string of the molecule is C1=CN2C(=N[C](c3ccccc3)C2c2nc3ccccc3s2)S1. The normalized spacial score (nSPS) is 20.3. The van der Waals surface area contributed by atoms with Crippen LogP contribution < -0.4 is 0 Å². The number of rotatable bonds is 2. The molecule has 0 saturated carbocycles. The van der Waals surface area contributed by atoms with Crippen LogP contribution in [-0.4, -0.2) is 15.1 Å². The van der Waals surface area contributed by atoms with Gasteiger partial charge in [0, 0.05) is 6.20 Å². The molecule has 111 valence electrons. The molecule has 3 heterocycles. The fourth-order valence-corrected chi connectivity index (χ4v) is 4.76. The zero-order chi connectivity index (χ0) is 15.2. The molecular formula is C18H12N3S2. The maximum Gasteiger partial charge on any atom is 0.169 e. The van der Waals surface area contributed by atoms with Gasteiger partial charge in [0.15, 0.2) is 5.17 Å². The second kappa shape index (κ2) is 5.22. The van der Waals surface area contributed by atoms with Gasteiger partial charge >= 0.3 is 0 Å². The third-order valence-corrected chi connectivity index (χ3v) is 5.84. The molecule has 23 heavy (non-hydrogen) atoms. The highest BCUT2D eigenvalue weighted by molar-refractivity contribution is 8.16. The van der Waals surface area contributed by atoms with Crippen LogP contribution in [0, 0.1) is 6.04 Å². The van der Waals surface area contributed by atoms with Gasteiger partial charge in [-0.25, -0.2) is 9.98 Å². The average molecular weight is 334 g/mol. The molecule has 0 aliphatic carbocycles. The molecule has 5 rings (SSSR count). The number of amidine groups is 1. The summed E-state index contributed by atoms with van der Waals surface area (Å²) in [5.41, 5.74) is 2.22. The maximum absolute atomic E-state index is 4.87. The van der Waals surface area contributed by atoms with Crippen molar-refractivity contribution in [2.24, 2.45) is 4.99 Å². The van der Waals surface area contributed by atoms with E-state index in [9.17, 15) is 0 Å². The van der Waals surface area contributed by atoms with Gasteiger partial charge in [0.1, 0.15) is 17.1 Å². The predicted molar refractivity (Wildman–Crippen MR) is 97.2 cm³/mol. The summed E-state index contributed by atoms with van der Waals surface area (Å²) >= 11 is 3.42. The summed E-state index contributed by atoms with van der Waals surface area (Å²) in [6.45, 7) is 0. The smallest absolute Gasteiger partial charge is 0.169 e. The van der Waals surface area contributed by atoms with Crippen molar-refractivity contribution in [3.8, 4) is 0 Å². The molecule has 1 aromatic heterocycles. The summed E-state index contributed by atoms with van der Waals surface area (Å²) in [4.78, 5) is 12.0. The summed E-state index contributed by atoms with van der Waals surface area (Å²) in [7, 11) is 0. The minimum Gasteiger partial charge on any atom is -0.314 e. The predicted octanol–water partition coefficient (Wildman–Crippen LogP) is 4.81. The first-order valence-electron chi connectivity index (χ1n) is 7.38. The summed E-state index contributed by atoms with van der Waals surface area (Å²) in [5.74, 6) is 0. The second-order valence-electron chi connectivity index (χ2n) is 5.38. The van der Waals surface area contributed by atoms with E-state index in [1.807, 2.05) is 12.1 Å². The highest BCUT2D eigenvalue weighted by atomic mass is 32.2. The molecule has 0 saturated heterocycles. The van der Waals surface area contributed by atoms with Crippen molar-refractivity contribution < 1.29 is 0 Å². The minimum atomic E-state index is 0.0658. The molecule has 0 N–H and O–H groups in total. The number of thioether (sulfide) groups is 1. The molecule has 1 atom stereocenters. The second-order valence-corrected chi connectivity index (χ2v) is 7.31. The Labute approximate surface area is 142 Å². The van der Waals surface area contributed by atoms with Crippen molar-refractivity contribution in [3.05, 3.63) is 82.8 Å². The number of benzene rings is 2. The lowest BCUT2D eigenvalue weighted by Crippen LogP contribution is -2.22. The Hall–Kier alpha value is -2.11. The van der Waals surface area contributed by atoms with Crippen LogP contribution in [0.15, 0.2) is 71.2 Å². The van der Waals surface area contributed by atoms with E-state index in [1.54, 1.807) is 23.1 Å². The molecule has 0 spiro atoms. The van der Waals surface area contributed by atoms with Gasteiger partial charge in [-0.15, -0.1) is 11.3 Å². The maximum atomic E-state index is 4.87. The molecule has 2 aliphatic heterocycles. The standard InChI is InChI=1S/C18H12N3S2/c1-2-6-12(7-3-1)15-16(21-10-11-22-18(21)20-15)17-19-13-8-4-5-9-14(13)23-17/h1-11,16H. The molecule has 0 fully saturated rings. The van der Waals surface area contributed by atoms with E-state index in [0.29, 0.717) is 0 Å². The van der Waals surface area contributed by atoms with Crippen LogP contribution in [0.25, 0.3) is 10.2 Å². The number of thiazole rings is 1. The summed E-state index contributed by atoms with van der Waals surface area (Å²) in [6.07, 6.45) is 2.11. The Bertz CT molecular complexity index is 897. The highest BCUT2D eigenvalue weighted by Gasteiger charge is 2.41. The fourth-order valence-electron chi connectivity index (χ4n) is 2.93. The van der Waals surface area contributed by atoms with Crippen LogP contribution in [-0.2, 0) is 0 Å².